The zero-order valence-electron chi connectivity index (χ0n) is 21.0. The van der Waals surface area contributed by atoms with Gasteiger partial charge in [-0.2, -0.15) is 0 Å². The van der Waals surface area contributed by atoms with Gasteiger partial charge in [-0.25, -0.2) is 4.79 Å². The molecule has 1 aromatic heterocycles. The Morgan fingerprint density at radius 3 is 2.22 bits per heavy atom. The van der Waals surface area contributed by atoms with Crippen LogP contribution in [0.1, 0.15) is 46.2 Å². The lowest BCUT2D eigenvalue weighted by Crippen LogP contribution is -2.22. The number of fused-ring (bicyclic) bond motifs is 2. The fourth-order valence-electron chi connectivity index (χ4n) is 4.68. The van der Waals surface area contributed by atoms with E-state index in [-0.39, 0.29) is 17.9 Å². The number of rotatable bonds is 3. The van der Waals surface area contributed by atoms with Crippen LogP contribution in [0.2, 0.25) is 10.0 Å². The first-order chi connectivity index (χ1) is 17.7. The van der Waals surface area contributed by atoms with Gasteiger partial charge in [0.05, 0.1) is 10.9 Å². The number of aryl methyl sites for hydroxylation is 3. The van der Waals surface area contributed by atoms with Gasteiger partial charge in [0, 0.05) is 21.5 Å². The van der Waals surface area contributed by atoms with Crippen LogP contribution in [0, 0.1) is 33.6 Å². The van der Waals surface area contributed by atoms with Crippen LogP contribution in [-0.2, 0) is 0 Å². The van der Waals surface area contributed by atoms with Gasteiger partial charge < -0.3 is 14.3 Å². The highest BCUT2D eigenvalue weighted by Gasteiger charge is 2.32. The third kappa shape index (κ3) is 4.73. The highest BCUT2D eigenvalue weighted by atomic mass is 35.5. The summed E-state index contributed by atoms with van der Waals surface area (Å²) < 4.78 is 11.8. The summed E-state index contributed by atoms with van der Waals surface area (Å²) in [6.45, 7) is 7.99. The van der Waals surface area contributed by atoms with E-state index in [1.807, 2.05) is 64.1 Å². The topological polar surface area (TPSA) is 59.7 Å². The zero-order chi connectivity index (χ0) is 27.0. The lowest BCUT2D eigenvalue weighted by molar-refractivity contribution is 0.338. The van der Waals surface area contributed by atoms with E-state index in [4.69, 9.17) is 32.4 Å². The summed E-state index contributed by atoms with van der Waals surface area (Å²) in [6, 6.07) is 15.0. The molecule has 6 heteroatoms. The average molecular weight is 533 g/mol. The first kappa shape index (κ1) is 26.4. The van der Waals surface area contributed by atoms with Gasteiger partial charge in [0.1, 0.15) is 23.7 Å². The Kier molecular flexibility index (Phi) is 7.41. The molecule has 4 aromatic rings. The molecule has 0 spiro atoms. The molecule has 0 aliphatic carbocycles. The molecule has 2 heterocycles. The van der Waals surface area contributed by atoms with Crippen LogP contribution in [0.3, 0.4) is 0 Å². The summed E-state index contributed by atoms with van der Waals surface area (Å²) in [5.74, 6) is 0.00847. The first-order valence-corrected chi connectivity index (χ1v) is 12.4. The number of benzene rings is 3. The molecule has 1 unspecified atom stereocenters. The van der Waals surface area contributed by atoms with Gasteiger partial charge in [-0.15, -0.1) is 12.8 Å². The van der Waals surface area contributed by atoms with E-state index in [1.54, 1.807) is 12.1 Å². The molecule has 1 aliphatic rings. The normalized spacial score (nSPS) is 13.4. The molecular formula is C31H26Cl2O4. The second kappa shape index (κ2) is 10.4. The molecule has 0 amide bonds. The van der Waals surface area contributed by atoms with Crippen molar-refractivity contribution in [3.05, 3.63) is 108 Å². The second-order valence-electron chi connectivity index (χ2n) is 9.13. The molecule has 0 bridgehead atoms. The Hall–Kier alpha value is -3.65. The Balaban J connectivity index is 0.00000156. The number of ether oxygens (including phenoxy) is 1. The van der Waals surface area contributed by atoms with E-state index in [0.29, 0.717) is 21.0 Å². The van der Waals surface area contributed by atoms with E-state index in [2.05, 4.69) is 12.8 Å². The van der Waals surface area contributed by atoms with Crippen molar-refractivity contribution in [1.29, 1.82) is 0 Å². The molecule has 188 valence electrons. The average Bonchev–Trinajstić information content (AvgIpc) is 2.87. The van der Waals surface area contributed by atoms with Crippen molar-refractivity contribution in [3.63, 3.8) is 0 Å². The van der Waals surface area contributed by atoms with E-state index < -0.39 is 11.5 Å². The minimum atomic E-state index is -0.602. The molecule has 0 radical (unpaired) electrons. The summed E-state index contributed by atoms with van der Waals surface area (Å²) in [5.41, 5.74) is 6.11. The highest BCUT2D eigenvalue weighted by molar-refractivity contribution is 6.32. The molecule has 3 aromatic carbocycles. The lowest BCUT2D eigenvalue weighted by Gasteiger charge is -2.29. The predicted octanol–water partition coefficient (Wildman–Crippen LogP) is 7.98. The largest absolute Gasteiger partial charge is 0.507 e. The second-order valence-corrected chi connectivity index (χ2v) is 9.94. The fourth-order valence-corrected chi connectivity index (χ4v) is 5.01. The standard InChI is InChI=1S/C29H24Cl2O4.C2H2/c1-14-5-7-18(8-6-14)26(21-13-34-24-9-15(2)22(30)11-19(24)17(21)4)27-28(32)20-12-23(31)16(3)10-25(20)35-29(27)33;1-2/h5-12,26,32H,13H2,1-4H3;1-2H. The quantitative estimate of drug-likeness (QED) is 0.214. The predicted molar refractivity (Wildman–Crippen MR) is 151 cm³/mol. The van der Waals surface area contributed by atoms with Crippen molar-refractivity contribution in [2.24, 2.45) is 0 Å². The van der Waals surface area contributed by atoms with Crippen molar-refractivity contribution in [2.45, 2.75) is 33.6 Å². The van der Waals surface area contributed by atoms with Gasteiger partial charge in [0.2, 0.25) is 0 Å². The number of aromatic hydroxyl groups is 1. The summed E-state index contributed by atoms with van der Waals surface area (Å²) in [6.07, 6.45) is 8.00. The Labute approximate surface area is 226 Å². The number of hydrogen-bond acceptors (Lipinski definition) is 4. The molecule has 1 atom stereocenters. The molecule has 4 nitrogen and oxygen atoms in total. The van der Waals surface area contributed by atoms with Crippen LogP contribution in [0.5, 0.6) is 11.5 Å². The fraction of sp³-hybridized carbons (Fsp3) is 0.194. The number of hydrogen-bond donors (Lipinski definition) is 1. The number of terminal acetylenes is 1. The van der Waals surface area contributed by atoms with Crippen LogP contribution in [0.4, 0.5) is 0 Å². The molecule has 0 fully saturated rings. The van der Waals surface area contributed by atoms with Crippen LogP contribution in [-0.4, -0.2) is 11.7 Å². The third-order valence-electron chi connectivity index (χ3n) is 6.77. The number of halogens is 2. The maximum absolute atomic E-state index is 13.4. The summed E-state index contributed by atoms with van der Waals surface area (Å²) >= 11 is 12.8. The van der Waals surface area contributed by atoms with Crippen LogP contribution in [0.25, 0.3) is 16.5 Å². The van der Waals surface area contributed by atoms with Gasteiger partial charge in [-0.05, 0) is 79.8 Å². The van der Waals surface area contributed by atoms with Crippen molar-refractivity contribution in [2.75, 3.05) is 6.61 Å². The van der Waals surface area contributed by atoms with Gasteiger partial charge in [-0.3, -0.25) is 0 Å². The van der Waals surface area contributed by atoms with E-state index in [0.717, 1.165) is 44.7 Å². The smallest absolute Gasteiger partial charge is 0.344 e. The minimum absolute atomic E-state index is 0.142. The first-order valence-electron chi connectivity index (χ1n) is 11.6. The summed E-state index contributed by atoms with van der Waals surface area (Å²) in [5, 5.41) is 12.9. The molecular weight excluding hydrogens is 507 g/mol. The number of allylic oxidation sites excluding steroid dienone is 1. The van der Waals surface area contributed by atoms with Crippen LogP contribution in [0.15, 0.2) is 63.3 Å². The van der Waals surface area contributed by atoms with Crippen LogP contribution >= 0.6 is 23.2 Å². The lowest BCUT2D eigenvalue weighted by atomic mass is 9.80. The third-order valence-corrected chi connectivity index (χ3v) is 7.59. The SMILES string of the molecule is C#C.CC1=C(C(c2ccc(C)cc2)c2c(O)c3cc(Cl)c(C)cc3oc2=O)COc2cc(C)c(Cl)cc21. The van der Waals surface area contributed by atoms with Crippen molar-refractivity contribution in [3.8, 4) is 24.3 Å². The van der Waals surface area contributed by atoms with E-state index in [9.17, 15) is 9.90 Å². The van der Waals surface area contributed by atoms with Gasteiger partial charge in [0.25, 0.3) is 0 Å². The highest BCUT2D eigenvalue weighted by Crippen LogP contribution is 2.45. The Bertz CT molecular complexity index is 1630. The summed E-state index contributed by atoms with van der Waals surface area (Å²) in [7, 11) is 0. The van der Waals surface area contributed by atoms with Crippen molar-refractivity contribution >= 4 is 39.7 Å². The maximum Gasteiger partial charge on any atom is 0.344 e. The minimum Gasteiger partial charge on any atom is -0.507 e. The van der Waals surface area contributed by atoms with Gasteiger partial charge in [0.15, 0.2) is 0 Å². The molecule has 0 saturated carbocycles. The van der Waals surface area contributed by atoms with Crippen molar-refractivity contribution in [1.82, 2.24) is 0 Å². The van der Waals surface area contributed by atoms with Crippen molar-refractivity contribution < 1.29 is 14.3 Å². The van der Waals surface area contributed by atoms with E-state index >= 15 is 0 Å². The van der Waals surface area contributed by atoms with Crippen LogP contribution < -0.4 is 10.4 Å². The summed E-state index contributed by atoms with van der Waals surface area (Å²) in [4.78, 5) is 13.4. The molecule has 1 N–H and O–H groups in total. The van der Waals surface area contributed by atoms with Gasteiger partial charge in [-0.1, -0.05) is 53.0 Å². The Morgan fingerprint density at radius 2 is 1.54 bits per heavy atom. The monoisotopic (exact) mass is 532 g/mol. The maximum atomic E-state index is 13.4. The zero-order valence-corrected chi connectivity index (χ0v) is 22.5. The molecule has 37 heavy (non-hydrogen) atoms. The van der Waals surface area contributed by atoms with E-state index in [1.165, 1.54) is 0 Å². The van der Waals surface area contributed by atoms with Gasteiger partial charge >= 0.3 is 5.63 Å². The Morgan fingerprint density at radius 1 is 0.919 bits per heavy atom. The molecule has 5 rings (SSSR count). The molecule has 1 aliphatic heterocycles. The molecule has 0 saturated heterocycles.